The number of aliphatic hydroxyl groups is 1. The van der Waals surface area contributed by atoms with Crippen molar-refractivity contribution in [3.8, 4) is 6.07 Å². The highest BCUT2D eigenvalue weighted by Crippen LogP contribution is 1.89. The third kappa shape index (κ3) is 7.45. The van der Waals surface area contributed by atoms with Gasteiger partial charge in [0.25, 0.3) is 12.1 Å². The van der Waals surface area contributed by atoms with Gasteiger partial charge in [-0.2, -0.15) is 0 Å². The predicted octanol–water partition coefficient (Wildman–Crippen LogP) is 1.50. The zero-order valence-electron chi connectivity index (χ0n) is 6.26. The van der Waals surface area contributed by atoms with Crippen LogP contribution in [0, 0.1) is 6.07 Å². The van der Waals surface area contributed by atoms with E-state index in [1.165, 1.54) is 0 Å². The molecule has 0 radical (unpaired) electrons. The van der Waals surface area contributed by atoms with Crippen molar-refractivity contribution in [2.75, 3.05) is 0 Å². The van der Waals surface area contributed by atoms with Crippen LogP contribution in [-0.4, -0.2) is 17.3 Å². The number of nitrogens with zero attached hydrogens (tertiary/aromatic N) is 1. The van der Waals surface area contributed by atoms with Crippen molar-refractivity contribution < 1.29 is 5.11 Å². The van der Waals surface area contributed by atoms with Crippen molar-refractivity contribution in [1.82, 2.24) is 0 Å². The lowest BCUT2D eigenvalue weighted by Gasteiger charge is -1.87. The maximum atomic E-state index is 8.74. The molecule has 1 atom stereocenters. The van der Waals surface area contributed by atoms with E-state index in [1.54, 1.807) is 6.92 Å². The molecule has 0 bridgehead atoms. The monoisotopic (exact) mass is 128 g/mol. The van der Waals surface area contributed by atoms with Gasteiger partial charge >= 0.3 is 0 Å². The first kappa shape index (κ1) is 8.45. The molecule has 9 heavy (non-hydrogen) atoms. The zero-order chi connectivity index (χ0) is 7.28. The fourth-order valence-corrected chi connectivity index (χ4v) is 0.367. The van der Waals surface area contributed by atoms with Crippen LogP contribution in [-0.2, 0) is 0 Å². The van der Waals surface area contributed by atoms with Gasteiger partial charge in [-0.25, -0.2) is 0 Å². The van der Waals surface area contributed by atoms with Crippen LogP contribution in [0.4, 0.5) is 0 Å². The average Bonchev–Trinajstić information content (AvgIpc) is 1.63. The molecule has 0 aliphatic rings. The zero-order valence-corrected chi connectivity index (χ0v) is 6.26. The lowest BCUT2D eigenvalue weighted by molar-refractivity contribution is 0.201. The number of hydrogen-bond donors (Lipinski definition) is 1. The Morgan fingerprint density at radius 3 is 2.33 bits per heavy atom. The van der Waals surface area contributed by atoms with Crippen LogP contribution < -0.4 is 0 Å². The molecule has 0 heterocycles. The van der Waals surface area contributed by atoms with Gasteiger partial charge in [-0.3, -0.25) is 0 Å². The molecular weight excluding hydrogens is 114 g/mol. The molecule has 2 heteroatoms. The van der Waals surface area contributed by atoms with Crippen LogP contribution in [0.2, 0.25) is 0 Å². The Balaban J connectivity index is 3.38. The number of hydrogen-bond acceptors (Lipinski definition) is 1. The molecule has 0 amide bonds. The Hall–Kier alpha value is -0.550. The summed E-state index contributed by atoms with van der Waals surface area (Å²) in [6.45, 7) is 5.69. The van der Waals surface area contributed by atoms with E-state index in [1.807, 2.05) is 13.8 Å². The largest absolute Gasteiger partial charge is 0.392 e. The topological polar surface area (TPSA) is 24.6 Å². The van der Waals surface area contributed by atoms with Crippen LogP contribution in [0.25, 0.3) is 4.85 Å². The number of rotatable bonds is 1. The molecule has 0 aromatic carbocycles. The summed E-state index contributed by atoms with van der Waals surface area (Å²) in [5.74, 6) is 0. The minimum absolute atomic E-state index is 0.295. The Morgan fingerprint density at radius 2 is 2.00 bits per heavy atom. The second-order valence-electron chi connectivity index (χ2n) is 2.43. The Kier molecular flexibility index (Phi) is 4.08. The SMILES string of the molecule is CC(O)CC#[N+]C(C)C. The maximum Gasteiger partial charge on any atom is 0.275 e. The normalized spacial score (nSPS) is 12.6. The summed E-state index contributed by atoms with van der Waals surface area (Å²) < 4.78 is 0. The Labute approximate surface area is 56.3 Å². The summed E-state index contributed by atoms with van der Waals surface area (Å²) in [6.07, 6.45) is 0.227. The highest BCUT2D eigenvalue weighted by molar-refractivity contribution is 4.90. The molecule has 2 nitrogen and oxygen atoms in total. The molecule has 0 rings (SSSR count). The molecule has 1 N–H and O–H groups in total. The van der Waals surface area contributed by atoms with E-state index in [-0.39, 0.29) is 6.10 Å². The first-order valence-corrected chi connectivity index (χ1v) is 3.23. The Bertz CT molecular complexity index is 119. The van der Waals surface area contributed by atoms with Gasteiger partial charge in [-0.05, 0) is 6.92 Å². The second kappa shape index (κ2) is 4.34. The van der Waals surface area contributed by atoms with Crippen molar-refractivity contribution in [2.45, 2.75) is 39.3 Å². The summed E-state index contributed by atoms with van der Waals surface area (Å²) >= 11 is 0. The van der Waals surface area contributed by atoms with E-state index in [0.29, 0.717) is 12.5 Å². The van der Waals surface area contributed by atoms with Crippen LogP contribution >= 0.6 is 0 Å². The van der Waals surface area contributed by atoms with E-state index >= 15 is 0 Å². The van der Waals surface area contributed by atoms with Crippen molar-refractivity contribution >= 4 is 0 Å². The van der Waals surface area contributed by atoms with Gasteiger partial charge in [0.05, 0.1) is 6.10 Å². The van der Waals surface area contributed by atoms with Gasteiger partial charge in [0.15, 0.2) is 0 Å². The highest BCUT2D eigenvalue weighted by Gasteiger charge is 1.98. The van der Waals surface area contributed by atoms with E-state index in [4.69, 9.17) is 5.11 Å². The number of aliphatic hydroxyl groups excluding tert-OH is 1. The second-order valence-corrected chi connectivity index (χ2v) is 2.43. The van der Waals surface area contributed by atoms with Crippen LogP contribution in [0.3, 0.4) is 0 Å². The summed E-state index contributed by atoms with van der Waals surface area (Å²) in [5.41, 5.74) is 0. The molecule has 0 aliphatic heterocycles. The standard InChI is InChI=1S/C7H14NO/c1-6(2)8-5-4-7(3)9/h6-7,9H,4H2,1-3H3/q+1. The van der Waals surface area contributed by atoms with Crippen molar-refractivity contribution in [2.24, 2.45) is 0 Å². The lowest BCUT2D eigenvalue weighted by atomic mass is 10.3. The molecule has 0 saturated heterocycles. The van der Waals surface area contributed by atoms with E-state index in [9.17, 15) is 0 Å². The van der Waals surface area contributed by atoms with E-state index < -0.39 is 0 Å². The molecule has 1 unspecified atom stereocenters. The summed E-state index contributed by atoms with van der Waals surface area (Å²) in [4.78, 5) is 3.95. The van der Waals surface area contributed by atoms with Crippen LogP contribution in [0.15, 0.2) is 0 Å². The smallest absolute Gasteiger partial charge is 0.275 e. The molecule has 0 aromatic heterocycles. The molecule has 0 fully saturated rings. The Morgan fingerprint density at radius 1 is 1.44 bits per heavy atom. The molecule has 52 valence electrons. The maximum absolute atomic E-state index is 8.74. The highest BCUT2D eigenvalue weighted by atomic mass is 16.3. The van der Waals surface area contributed by atoms with Gasteiger partial charge < -0.3 is 5.11 Å². The third-order valence-electron chi connectivity index (χ3n) is 0.736. The first-order chi connectivity index (χ1) is 4.13. The predicted molar refractivity (Wildman–Crippen MR) is 38.7 cm³/mol. The minimum Gasteiger partial charge on any atom is -0.392 e. The van der Waals surface area contributed by atoms with Gasteiger partial charge in [0.1, 0.15) is 6.42 Å². The molecule has 0 aliphatic carbocycles. The summed E-state index contributed by atoms with van der Waals surface area (Å²) in [5, 5.41) is 8.74. The van der Waals surface area contributed by atoms with E-state index in [0.717, 1.165) is 0 Å². The lowest BCUT2D eigenvalue weighted by Crippen LogP contribution is -1.95. The fourth-order valence-electron chi connectivity index (χ4n) is 0.367. The van der Waals surface area contributed by atoms with Gasteiger partial charge in [-0.15, -0.1) is 0 Å². The minimum atomic E-state index is -0.313. The van der Waals surface area contributed by atoms with Gasteiger partial charge in [0.2, 0.25) is 0 Å². The van der Waals surface area contributed by atoms with Crippen molar-refractivity contribution in [3.63, 3.8) is 0 Å². The van der Waals surface area contributed by atoms with Crippen molar-refractivity contribution in [1.29, 1.82) is 0 Å². The van der Waals surface area contributed by atoms with Gasteiger partial charge in [0, 0.05) is 13.8 Å². The van der Waals surface area contributed by atoms with Crippen LogP contribution in [0.1, 0.15) is 27.2 Å². The first-order valence-electron chi connectivity index (χ1n) is 3.23. The quantitative estimate of drug-likeness (QED) is 0.568. The van der Waals surface area contributed by atoms with Gasteiger partial charge in [-0.1, -0.05) is 4.85 Å². The average molecular weight is 128 g/mol. The molecule has 0 aromatic rings. The molecule has 0 saturated carbocycles. The van der Waals surface area contributed by atoms with Crippen LogP contribution in [0.5, 0.6) is 0 Å². The summed E-state index contributed by atoms with van der Waals surface area (Å²) in [6, 6.07) is 3.05. The molecule has 0 spiro atoms. The summed E-state index contributed by atoms with van der Waals surface area (Å²) in [7, 11) is 0. The van der Waals surface area contributed by atoms with Crippen molar-refractivity contribution in [3.05, 3.63) is 4.85 Å². The van der Waals surface area contributed by atoms with E-state index in [2.05, 4.69) is 10.9 Å². The molecular formula is C7H14NO+. The fraction of sp³-hybridized carbons (Fsp3) is 0.857. The third-order valence-corrected chi connectivity index (χ3v) is 0.736.